The van der Waals surface area contributed by atoms with E-state index in [0.717, 1.165) is 29.0 Å². The molecule has 0 saturated carbocycles. The van der Waals surface area contributed by atoms with Gasteiger partial charge in [0.2, 0.25) is 11.8 Å². The SMILES string of the molecule is CCNCCN(CC(=O)N(C)N1Cc2ccccc2C1)C(=O)CNc1cc2c(cc1C)N(CC)C(=O)CC2. The van der Waals surface area contributed by atoms with Gasteiger partial charge in [-0.3, -0.25) is 19.4 Å². The molecule has 2 aromatic carbocycles. The van der Waals surface area contributed by atoms with Crippen molar-refractivity contribution < 1.29 is 14.4 Å². The summed E-state index contributed by atoms with van der Waals surface area (Å²) in [6, 6.07) is 12.3. The van der Waals surface area contributed by atoms with Gasteiger partial charge in [0.1, 0.15) is 6.54 Å². The Kier molecular flexibility index (Phi) is 9.01. The van der Waals surface area contributed by atoms with Crippen molar-refractivity contribution >= 4 is 29.1 Å². The number of nitrogens with one attached hydrogen (secondary N) is 2. The number of hydrogen-bond donors (Lipinski definition) is 2. The van der Waals surface area contributed by atoms with E-state index < -0.39 is 0 Å². The molecular formula is C29H40N6O3. The molecule has 2 aliphatic heterocycles. The first-order chi connectivity index (χ1) is 18.3. The lowest BCUT2D eigenvalue weighted by atomic mass is 9.98. The summed E-state index contributed by atoms with van der Waals surface area (Å²) < 4.78 is 0. The largest absolute Gasteiger partial charge is 0.376 e. The van der Waals surface area contributed by atoms with Crippen molar-refractivity contribution in [2.45, 2.75) is 46.7 Å². The van der Waals surface area contributed by atoms with E-state index in [-0.39, 0.29) is 30.8 Å². The van der Waals surface area contributed by atoms with E-state index in [2.05, 4.69) is 28.8 Å². The van der Waals surface area contributed by atoms with Gasteiger partial charge in [-0.15, -0.1) is 0 Å². The van der Waals surface area contributed by atoms with E-state index in [1.54, 1.807) is 17.0 Å². The summed E-state index contributed by atoms with van der Waals surface area (Å²) in [6.45, 7) is 9.97. The first kappa shape index (κ1) is 27.6. The van der Waals surface area contributed by atoms with Gasteiger partial charge in [0.05, 0.1) is 6.54 Å². The summed E-state index contributed by atoms with van der Waals surface area (Å²) in [5, 5.41) is 10.2. The number of rotatable bonds is 11. The molecule has 0 spiro atoms. The molecule has 204 valence electrons. The topological polar surface area (TPSA) is 88.2 Å². The number of nitrogens with zero attached hydrogens (tertiary/aromatic N) is 4. The van der Waals surface area contributed by atoms with Crippen molar-refractivity contribution in [3.05, 3.63) is 58.7 Å². The minimum Gasteiger partial charge on any atom is -0.376 e. The molecule has 2 aliphatic rings. The van der Waals surface area contributed by atoms with E-state index in [0.29, 0.717) is 45.6 Å². The zero-order valence-electron chi connectivity index (χ0n) is 23.0. The fraction of sp³-hybridized carbons (Fsp3) is 0.483. The van der Waals surface area contributed by atoms with Crippen molar-refractivity contribution in [3.8, 4) is 0 Å². The van der Waals surface area contributed by atoms with Crippen molar-refractivity contribution in [1.29, 1.82) is 0 Å². The lowest BCUT2D eigenvalue weighted by Gasteiger charge is -2.31. The average Bonchev–Trinajstić information content (AvgIpc) is 3.35. The highest BCUT2D eigenvalue weighted by atomic mass is 16.2. The standard InChI is InChI=1S/C29H40N6O3/c1-5-30-13-14-33(20-29(38)32(4)34-18-23-9-7-8-10-24(23)19-34)28(37)17-31-25-16-22-11-12-27(36)35(6-2)26(22)15-21(25)3/h7-10,15-16,30-31H,5-6,11-14,17-20H2,1-4H3. The van der Waals surface area contributed by atoms with Crippen LogP contribution in [0.3, 0.4) is 0 Å². The Morgan fingerprint density at radius 2 is 1.71 bits per heavy atom. The Labute approximate surface area is 225 Å². The number of hydrogen-bond acceptors (Lipinski definition) is 6. The molecule has 38 heavy (non-hydrogen) atoms. The summed E-state index contributed by atoms with van der Waals surface area (Å²) in [6.07, 6.45) is 1.20. The second-order valence-electron chi connectivity index (χ2n) is 9.96. The molecule has 2 N–H and O–H groups in total. The average molecular weight is 521 g/mol. The van der Waals surface area contributed by atoms with Gasteiger partial charge < -0.3 is 20.4 Å². The van der Waals surface area contributed by atoms with E-state index in [9.17, 15) is 14.4 Å². The molecule has 0 aromatic heterocycles. The van der Waals surface area contributed by atoms with Crippen LogP contribution in [-0.2, 0) is 33.9 Å². The molecule has 0 atom stereocenters. The maximum atomic E-state index is 13.3. The van der Waals surface area contributed by atoms with Gasteiger partial charge in [-0.05, 0) is 61.2 Å². The van der Waals surface area contributed by atoms with Crippen LogP contribution in [0.5, 0.6) is 0 Å². The van der Waals surface area contributed by atoms with Gasteiger partial charge in [0, 0.05) is 57.6 Å². The number of carbonyl (C=O) groups excluding carboxylic acids is 3. The first-order valence-corrected chi connectivity index (χ1v) is 13.6. The number of anilines is 2. The monoisotopic (exact) mass is 520 g/mol. The predicted molar refractivity (Wildman–Crippen MR) is 150 cm³/mol. The van der Waals surface area contributed by atoms with Crippen LogP contribution in [0.4, 0.5) is 11.4 Å². The summed E-state index contributed by atoms with van der Waals surface area (Å²) in [5.41, 5.74) is 6.38. The van der Waals surface area contributed by atoms with Crippen LogP contribution in [-0.4, -0.2) is 79.0 Å². The van der Waals surface area contributed by atoms with Gasteiger partial charge in [0.15, 0.2) is 0 Å². The molecule has 0 bridgehead atoms. The highest BCUT2D eigenvalue weighted by molar-refractivity contribution is 5.97. The van der Waals surface area contributed by atoms with Gasteiger partial charge in [-0.1, -0.05) is 31.2 Å². The molecule has 0 aliphatic carbocycles. The van der Waals surface area contributed by atoms with Crippen LogP contribution in [0.15, 0.2) is 36.4 Å². The smallest absolute Gasteiger partial charge is 0.256 e. The highest BCUT2D eigenvalue weighted by Crippen LogP contribution is 2.32. The maximum Gasteiger partial charge on any atom is 0.256 e. The molecule has 9 nitrogen and oxygen atoms in total. The Hall–Kier alpha value is -3.43. The quantitative estimate of drug-likeness (QED) is 0.443. The Morgan fingerprint density at radius 3 is 2.37 bits per heavy atom. The van der Waals surface area contributed by atoms with Crippen LogP contribution in [0.2, 0.25) is 0 Å². The molecule has 2 aromatic rings. The predicted octanol–water partition coefficient (Wildman–Crippen LogP) is 2.53. The van der Waals surface area contributed by atoms with Gasteiger partial charge in [0.25, 0.3) is 5.91 Å². The minimum atomic E-state index is -0.128. The fourth-order valence-corrected chi connectivity index (χ4v) is 5.15. The number of amides is 3. The van der Waals surface area contributed by atoms with Gasteiger partial charge in [-0.2, -0.15) is 0 Å². The maximum absolute atomic E-state index is 13.3. The molecular weight excluding hydrogens is 480 g/mol. The molecule has 2 heterocycles. The lowest BCUT2D eigenvalue weighted by Crippen LogP contribution is -2.49. The minimum absolute atomic E-state index is 0.0198. The third-order valence-corrected chi connectivity index (χ3v) is 7.47. The number of benzene rings is 2. The third-order valence-electron chi connectivity index (χ3n) is 7.47. The van der Waals surface area contributed by atoms with Crippen molar-refractivity contribution in [1.82, 2.24) is 20.2 Å². The Balaban J connectivity index is 1.39. The third kappa shape index (κ3) is 6.16. The van der Waals surface area contributed by atoms with Crippen molar-refractivity contribution in [2.24, 2.45) is 0 Å². The van der Waals surface area contributed by atoms with Crippen LogP contribution in [0, 0.1) is 6.92 Å². The number of carbonyl (C=O) groups is 3. The molecule has 4 rings (SSSR count). The molecule has 0 fully saturated rings. The lowest BCUT2D eigenvalue weighted by molar-refractivity contribution is -0.151. The van der Waals surface area contributed by atoms with Crippen LogP contribution in [0.1, 0.15) is 42.5 Å². The van der Waals surface area contributed by atoms with Crippen molar-refractivity contribution in [3.63, 3.8) is 0 Å². The summed E-state index contributed by atoms with van der Waals surface area (Å²) in [5.74, 6) is -0.0900. The van der Waals surface area contributed by atoms with Crippen LogP contribution in [0.25, 0.3) is 0 Å². The Morgan fingerprint density at radius 1 is 1.00 bits per heavy atom. The zero-order valence-corrected chi connectivity index (χ0v) is 23.0. The van der Waals surface area contributed by atoms with Crippen molar-refractivity contribution in [2.75, 3.05) is 56.5 Å². The summed E-state index contributed by atoms with van der Waals surface area (Å²) in [4.78, 5) is 42.3. The first-order valence-electron chi connectivity index (χ1n) is 13.6. The summed E-state index contributed by atoms with van der Waals surface area (Å²) in [7, 11) is 1.78. The molecule has 0 unspecified atom stereocenters. The Bertz CT molecular complexity index is 1160. The van der Waals surface area contributed by atoms with E-state index in [1.807, 2.05) is 48.9 Å². The molecule has 0 radical (unpaired) electrons. The second kappa shape index (κ2) is 12.4. The second-order valence-corrected chi connectivity index (χ2v) is 9.96. The summed E-state index contributed by atoms with van der Waals surface area (Å²) >= 11 is 0. The number of aryl methyl sites for hydroxylation is 2. The van der Waals surface area contributed by atoms with E-state index >= 15 is 0 Å². The van der Waals surface area contributed by atoms with E-state index in [1.165, 1.54) is 11.1 Å². The van der Waals surface area contributed by atoms with Gasteiger partial charge >= 0.3 is 0 Å². The number of hydrazine groups is 1. The number of likely N-dealkylation sites (N-methyl/N-ethyl adjacent to an activating group) is 2. The molecule has 3 amide bonds. The molecule has 9 heteroatoms. The molecule has 0 saturated heterocycles. The zero-order chi connectivity index (χ0) is 27.2. The number of fused-ring (bicyclic) bond motifs is 2. The van der Waals surface area contributed by atoms with Crippen LogP contribution >= 0.6 is 0 Å². The van der Waals surface area contributed by atoms with Gasteiger partial charge in [-0.25, -0.2) is 5.01 Å². The fourth-order valence-electron chi connectivity index (χ4n) is 5.15. The normalized spacial score (nSPS) is 14.7. The van der Waals surface area contributed by atoms with E-state index in [4.69, 9.17) is 0 Å². The highest BCUT2D eigenvalue weighted by Gasteiger charge is 2.27. The van der Waals surface area contributed by atoms with Crippen LogP contribution < -0.4 is 15.5 Å².